The quantitative estimate of drug-likeness (QED) is 0.774. The Kier molecular flexibility index (Phi) is 5.95. The van der Waals surface area contributed by atoms with E-state index >= 15 is 0 Å². The van der Waals surface area contributed by atoms with Crippen molar-refractivity contribution in [3.8, 4) is 5.75 Å². The highest BCUT2D eigenvalue weighted by Gasteiger charge is 2.20. The average Bonchev–Trinajstić information content (AvgIpc) is 2.27. The molecular weight excluding hydrogens is 276 g/mol. The number of aliphatic hydroxyl groups excluding tert-OH is 2. The second-order valence-corrected chi connectivity index (χ2v) is 5.53. The highest BCUT2D eigenvalue weighted by Crippen LogP contribution is 2.29. The molecule has 18 heavy (non-hydrogen) atoms. The van der Waals surface area contributed by atoms with Crippen LogP contribution in [-0.4, -0.2) is 32.3 Å². The number of phenolic OH excluding ortho intramolecular Hbond substituents is 1. The monoisotopic (exact) mass is 290 g/mol. The summed E-state index contributed by atoms with van der Waals surface area (Å²) >= 11 is 6.96. The molecule has 0 bridgehead atoms. The lowest BCUT2D eigenvalue weighted by molar-refractivity contribution is -0.109. The molecule has 0 aliphatic carbocycles. The molecule has 0 aliphatic rings. The maximum atomic E-state index is 10.7. The highest BCUT2D eigenvalue weighted by molar-refractivity contribution is 8.13. The zero-order valence-corrected chi connectivity index (χ0v) is 11.4. The van der Waals surface area contributed by atoms with E-state index < -0.39 is 12.2 Å². The average molecular weight is 291 g/mol. The molecule has 0 heterocycles. The van der Waals surface area contributed by atoms with Crippen LogP contribution in [0.3, 0.4) is 0 Å². The molecule has 1 aromatic rings. The first-order chi connectivity index (χ1) is 8.41. The lowest BCUT2D eigenvalue weighted by Crippen LogP contribution is -2.19. The molecule has 0 spiro atoms. The lowest BCUT2D eigenvalue weighted by Gasteiger charge is -2.19. The zero-order chi connectivity index (χ0) is 13.7. The van der Waals surface area contributed by atoms with Crippen molar-refractivity contribution in [2.45, 2.75) is 25.6 Å². The second kappa shape index (κ2) is 6.99. The van der Waals surface area contributed by atoms with E-state index in [1.54, 1.807) is 0 Å². The number of halogens is 1. The van der Waals surface area contributed by atoms with Crippen molar-refractivity contribution in [1.82, 2.24) is 0 Å². The van der Waals surface area contributed by atoms with Crippen LogP contribution in [0.1, 0.15) is 25.0 Å². The van der Waals surface area contributed by atoms with Crippen molar-refractivity contribution < 1.29 is 20.1 Å². The van der Waals surface area contributed by atoms with Gasteiger partial charge in [-0.3, -0.25) is 4.79 Å². The van der Waals surface area contributed by atoms with Gasteiger partial charge < -0.3 is 15.3 Å². The second-order valence-electron chi connectivity index (χ2n) is 3.85. The third-order valence-electron chi connectivity index (χ3n) is 2.39. The predicted molar refractivity (Wildman–Crippen MR) is 71.8 cm³/mol. The number of hydrogen-bond acceptors (Lipinski definition) is 5. The molecule has 1 aromatic carbocycles. The Labute approximate surface area is 115 Å². The van der Waals surface area contributed by atoms with Crippen molar-refractivity contribution in [3.63, 3.8) is 0 Å². The van der Waals surface area contributed by atoms with Gasteiger partial charge in [-0.25, -0.2) is 0 Å². The van der Waals surface area contributed by atoms with Gasteiger partial charge in [-0.15, -0.1) is 0 Å². The van der Waals surface area contributed by atoms with E-state index in [1.807, 2.05) is 0 Å². The lowest BCUT2D eigenvalue weighted by atomic mass is 10.0. The summed E-state index contributed by atoms with van der Waals surface area (Å²) < 4.78 is 0. The fourth-order valence-corrected chi connectivity index (χ4v) is 2.38. The number of carbonyl (C=O) groups is 1. The standard InChI is InChI=1S/C12H15ClO4S/c1-7(14)18-5-4-11(16)12(17)9-3-2-8(15)6-10(9)13/h2-3,6,11-12,15-17H,4-5H2,1H3. The van der Waals surface area contributed by atoms with E-state index in [4.69, 9.17) is 11.6 Å². The van der Waals surface area contributed by atoms with Crippen molar-refractivity contribution in [2.75, 3.05) is 5.75 Å². The van der Waals surface area contributed by atoms with Crippen LogP contribution in [0, 0.1) is 0 Å². The first kappa shape index (κ1) is 15.3. The van der Waals surface area contributed by atoms with Crippen LogP contribution in [0.4, 0.5) is 0 Å². The summed E-state index contributed by atoms with van der Waals surface area (Å²) in [5, 5.41) is 29.1. The summed E-state index contributed by atoms with van der Waals surface area (Å²) in [4.78, 5) is 10.7. The molecule has 3 N–H and O–H groups in total. The van der Waals surface area contributed by atoms with Crippen LogP contribution in [0.15, 0.2) is 18.2 Å². The first-order valence-corrected chi connectivity index (χ1v) is 6.76. The predicted octanol–water partition coefficient (Wildman–Crippen LogP) is 2.11. The van der Waals surface area contributed by atoms with E-state index in [1.165, 1.54) is 25.1 Å². The smallest absolute Gasteiger partial charge is 0.185 e. The Morgan fingerprint density at radius 2 is 2.11 bits per heavy atom. The highest BCUT2D eigenvalue weighted by atomic mass is 35.5. The van der Waals surface area contributed by atoms with Gasteiger partial charge in [0.2, 0.25) is 0 Å². The Balaban J connectivity index is 2.62. The topological polar surface area (TPSA) is 77.8 Å². The minimum Gasteiger partial charge on any atom is -0.508 e. The fraction of sp³-hybridized carbons (Fsp3) is 0.417. The maximum Gasteiger partial charge on any atom is 0.185 e. The van der Waals surface area contributed by atoms with Crippen LogP contribution in [0.5, 0.6) is 5.75 Å². The number of benzene rings is 1. The maximum absolute atomic E-state index is 10.7. The Morgan fingerprint density at radius 1 is 1.44 bits per heavy atom. The van der Waals surface area contributed by atoms with E-state index in [0.717, 1.165) is 11.8 Å². The minimum atomic E-state index is -1.13. The van der Waals surface area contributed by atoms with Gasteiger partial charge in [0.05, 0.1) is 11.1 Å². The van der Waals surface area contributed by atoms with Crippen molar-refractivity contribution in [2.24, 2.45) is 0 Å². The van der Waals surface area contributed by atoms with E-state index in [9.17, 15) is 20.1 Å². The number of carbonyl (C=O) groups excluding carboxylic acids is 1. The van der Waals surface area contributed by atoms with Crippen molar-refractivity contribution in [1.29, 1.82) is 0 Å². The Morgan fingerprint density at radius 3 is 2.67 bits per heavy atom. The third kappa shape index (κ3) is 4.49. The minimum absolute atomic E-state index is 0.00225. The van der Waals surface area contributed by atoms with Gasteiger partial charge in [0.25, 0.3) is 0 Å². The summed E-state index contributed by atoms with van der Waals surface area (Å²) in [5.41, 5.74) is 0.356. The molecule has 0 aliphatic heterocycles. The van der Waals surface area contributed by atoms with Gasteiger partial charge in [0, 0.05) is 18.2 Å². The van der Waals surface area contributed by atoms with Crippen LogP contribution >= 0.6 is 23.4 Å². The summed E-state index contributed by atoms with van der Waals surface area (Å²) in [6.07, 6.45) is -1.85. The number of aliphatic hydroxyl groups is 2. The normalized spacial score (nSPS) is 14.2. The molecule has 2 unspecified atom stereocenters. The van der Waals surface area contributed by atoms with Crippen molar-refractivity contribution >= 4 is 28.5 Å². The van der Waals surface area contributed by atoms with Gasteiger partial charge in [0.15, 0.2) is 5.12 Å². The summed E-state index contributed by atoms with van der Waals surface area (Å²) in [7, 11) is 0. The van der Waals surface area contributed by atoms with E-state index in [0.29, 0.717) is 11.3 Å². The van der Waals surface area contributed by atoms with Gasteiger partial charge in [-0.2, -0.15) is 0 Å². The molecule has 0 amide bonds. The van der Waals surface area contributed by atoms with Crippen LogP contribution in [0.25, 0.3) is 0 Å². The number of thioether (sulfide) groups is 1. The Bertz CT molecular complexity index is 425. The van der Waals surface area contributed by atoms with Crippen LogP contribution < -0.4 is 0 Å². The summed E-state index contributed by atoms with van der Waals surface area (Å²) in [5.74, 6) is 0.432. The number of aromatic hydroxyl groups is 1. The molecule has 0 fully saturated rings. The van der Waals surface area contributed by atoms with Gasteiger partial charge in [-0.1, -0.05) is 29.4 Å². The van der Waals surface area contributed by atoms with Gasteiger partial charge in [-0.05, 0) is 18.6 Å². The molecule has 2 atom stereocenters. The molecule has 0 saturated carbocycles. The fourth-order valence-electron chi connectivity index (χ4n) is 1.44. The number of hydrogen-bond donors (Lipinski definition) is 3. The van der Waals surface area contributed by atoms with Gasteiger partial charge in [0.1, 0.15) is 11.9 Å². The molecule has 0 aromatic heterocycles. The van der Waals surface area contributed by atoms with Crippen LogP contribution in [0.2, 0.25) is 5.02 Å². The molecule has 100 valence electrons. The SMILES string of the molecule is CC(=O)SCCC(O)C(O)c1ccc(O)cc1Cl. The van der Waals surface area contributed by atoms with E-state index in [-0.39, 0.29) is 22.3 Å². The summed E-state index contributed by atoms with van der Waals surface area (Å²) in [6.45, 7) is 1.45. The zero-order valence-electron chi connectivity index (χ0n) is 9.84. The van der Waals surface area contributed by atoms with Crippen molar-refractivity contribution in [3.05, 3.63) is 28.8 Å². The van der Waals surface area contributed by atoms with E-state index in [2.05, 4.69) is 0 Å². The van der Waals surface area contributed by atoms with Crippen LogP contribution in [-0.2, 0) is 4.79 Å². The van der Waals surface area contributed by atoms with Gasteiger partial charge >= 0.3 is 0 Å². The molecule has 6 heteroatoms. The molecule has 0 radical (unpaired) electrons. The number of phenols is 1. The summed E-state index contributed by atoms with van der Waals surface area (Å²) in [6, 6.07) is 4.16. The number of rotatable bonds is 5. The third-order valence-corrected chi connectivity index (χ3v) is 3.56. The molecule has 0 saturated heterocycles. The molecular formula is C12H15ClO4S. The Hall–Kier alpha value is -0.750. The largest absolute Gasteiger partial charge is 0.508 e. The molecule has 4 nitrogen and oxygen atoms in total. The molecule has 1 rings (SSSR count). The first-order valence-electron chi connectivity index (χ1n) is 5.39.